The van der Waals surface area contributed by atoms with Crippen LogP contribution in [0.25, 0.3) is 10.2 Å². The van der Waals surface area contributed by atoms with Gasteiger partial charge in [-0.05, 0) is 56.1 Å². The summed E-state index contributed by atoms with van der Waals surface area (Å²) in [7, 11) is 0. The van der Waals surface area contributed by atoms with E-state index in [1.807, 2.05) is 32.0 Å². The number of benzene rings is 1. The molecule has 1 amide bonds. The number of carbonyl (C=O) groups excluding carboxylic acids is 1. The molecule has 1 saturated heterocycles. The number of aromatic nitrogens is 1. The number of thiophene rings is 1. The number of fused-ring (bicyclic) bond motifs is 1. The zero-order valence-corrected chi connectivity index (χ0v) is 17.0. The summed E-state index contributed by atoms with van der Waals surface area (Å²) in [4.78, 5) is 20.4. The van der Waals surface area contributed by atoms with Crippen molar-refractivity contribution >= 4 is 27.5 Å². The van der Waals surface area contributed by atoms with Gasteiger partial charge in [-0.3, -0.25) is 9.69 Å². The van der Waals surface area contributed by atoms with E-state index >= 15 is 0 Å². The zero-order chi connectivity index (χ0) is 19.7. The number of nitrogens with two attached hydrogens (primary N) is 1. The molecule has 1 aliphatic heterocycles. The molecule has 1 atom stereocenters. The molecule has 0 radical (unpaired) electrons. The number of hydrogen-bond donors (Lipinski definition) is 1. The van der Waals surface area contributed by atoms with Gasteiger partial charge in [0.1, 0.15) is 10.6 Å². The van der Waals surface area contributed by atoms with Crippen molar-refractivity contribution in [1.82, 2.24) is 9.88 Å². The van der Waals surface area contributed by atoms with E-state index in [1.54, 1.807) is 6.20 Å². The lowest BCUT2D eigenvalue weighted by atomic mass is 9.95. The van der Waals surface area contributed by atoms with Gasteiger partial charge < -0.3 is 10.5 Å². The lowest BCUT2D eigenvalue weighted by Crippen LogP contribution is -2.20. The average Bonchev–Trinajstić information content (AvgIpc) is 3.27. The molecule has 1 fully saturated rings. The second-order valence-corrected chi connectivity index (χ2v) is 8.60. The number of hydrogen-bond acceptors (Lipinski definition) is 5. The van der Waals surface area contributed by atoms with Crippen molar-refractivity contribution in [3.8, 4) is 5.75 Å². The van der Waals surface area contributed by atoms with Crippen LogP contribution in [0.2, 0.25) is 0 Å². The monoisotopic (exact) mass is 395 g/mol. The average molecular weight is 396 g/mol. The van der Waals surface area contributed by atoms with E-state index in [1.165, 1.54) is 16.9 Å². The van der Waals surface area contributed by atoms with Crippen molar-refractivity contribution in [1.29, 1.82) is 0 Å². The van der Waals surface area contributed by atoms with E-state index in [9.17, 15) is 4.79 Å². The largest absolute Gasteiger partial charge is 0.491 e. The van der Waals surface area contributed by atoms with Crippen LogP contribution in [0.3, 0.4) is 0 Å². The highest BCUT2D eigenvalue weighted by Gasteiger charge is 2.30. The predicted octanol–water partition coefficient (Wildman–Crippen LogP) is 4.17. The van der Waals surface area contributed by atoms with Crippen molar-refractivity contribution in [2.24, 2.45) is 5.73 Å². The Balaban J connectivity index is 1.50. The molecule has 28 heavy (non-hydrogen) atoms. The summed E-state index contributed by atoms with van der Waals surface area (Å²) in [6.07, 6.45) is 2.97. The molecule has 1 aromatic carbocycles. The second kappa shape index (κ2) is 7.89. The third-order valence-electron chi connectivity index (χ3n) is 5.11. The minimum atomic E-state index is -0.350. The Kier molecular flexibility index (Phi) is 5.33. The predicted molar refractivity (Wildman–Crippen MR) is 113 cm³/mol. The van der Waals surface area contributed by atoms with Crippen LogP contribution in [0, 0.1) is 0 Å². The van der Waals surface area contributed by atoms with Crippen molar-refractivity contribution in [2.45, 2.75) is 38.8 Å². The number of amides is 1. The minimum absolute atomic E-state index is 0.180. The molecule has 6 heteroatoms. The fraction of sp³-hybridized carbons (Fsp3) is 0.364. The molecule has 1 aliphatic rings. The summed E-state index contributed by atoms with van der Waals surface area (Å²) in [6.45, 7) is 6.88. The molecule has 2 N–H and O–H groups in total. The molecule has 5 nitrogen and oxygen atoms in total. The van der Waals surface area contributed by atoms with E-state index in [4.69, 9.17) is 10.5 Å². The van der Waals surface area contributed by atoms with E-state index in [2.05, 4.69) is 28.1 Å². The number of likely N-dealkylation sites (tertiary alicyclic amines) is 1. The van der Waals surface area contributed by atoms with E-state index in [0.29, 0.717) is 10.8 Å². The first-order chi connectivity index (χ1) is 13.5. The van der Waals surface area contributed by atoms with Crippen LogP contribution in [0.4, 0.5) is 0 Å². The quantitative estimate of drug-likeness (QED) is 0.680. The van der Waals surface area contributed by atoms with Crippen molar-refractivity contribution in [3.63, 3.8) is 0 Å². The van der Waals surface area contributed by atoms with Gasteiger partial charge in [-0.2, -0.15) is 0 Å². The Morgan fingerprint density at radius 1 is 1.32 bits per heavy atom. The lowest BCUT2D eigenvalue weighted by molar-refractivity contribution is 0.100. The van der Waals surface area contributed by atoms with Gasteiger partial charge in [0.25, 0.3) is 5.91 Å². The van der Waals surface area contributed by atoms with Gasteiger partial charge in [-0.15, -0.1) is 11.3 Å². The number of carbonyl (C=O) groups is 1. The molecule has 3 heterocycles. The van der Waals surface area contributed by atoms with Crippen LogP contribution >= 0.6 is 11.3 Å². The first-order valence-corrected chi connectivity index (χ1v) is 10.5. The molecule has 146 valence electrons. The number of nitrogens with zero attached hydrogens (tertiary/aromatic N) is 2. The highest BCUT2D eigenvalue weighted by atomic mass is 32.1. The molecule has 0 unspecified atom stereocenters. The Labute approximate surface area is 169 Å². The number of rotatable bonds is 6. The van der Waals surface area contributed by atoms with E-state index < -0.39 is 0 Å². The third-order valence-corrected chi connectivity index (χ3v) is 6.25. The molecule has 2 aromatic heterocycles. The first kappa shape index (κ1) is 18.9. The highest BCUT2D eigenvalue weighted by molar-refractivity contribution is 7.20. The normalized spacial score (nSPS) is 17.5. The van der Waals surface area contributed by atoms with Gasteiger partial charge in [0, 0.05) is 30.6 Å². The van der Waals surface area contributed by atoms with Gasteiger partial charge in [0.05, 0.1) is 11.0 Å². The van der Waals surface area contributed by atoms with Crippen LogP contribution in [0.5, 0.6) is 5.75 Å². The van der Waals surface area contributed by atoms with Gasteiger partial charge >= 0.3 is 0 Å². The van der Waals surface area contributed by atoms with Crippen molar-refractivity contribution in [2.75, 3.05) is 13.1 Å². The van der Waals surface area contributed by atoms with E-state index in [0.717, 1.165) is 47.6 Å². The number of primary amides is 1. The highest BCUT2D eigenvalue weighted by Crippen LogP contribution is 2.39. The number of ether oxygens (including phenoxy) is 1. The van der Waals surface area contributed by atoms with Gasteiger partial charge in [0.15, 0.2) is 0 Å². The molecule has 0 bridgehead atoms. The summed E-state index contributed by atoms with van der Waals surface area (Å²) in [5.74, 6) is 0.864. The van der Waals surface area contributed by atoms with Gasteiger partial charge in [0.2, 0.25) is 0 Å². The van der Waals surface area contributed by atoms with Crippen LogP contribution in [0.15, 0.2) is 42.6 Å². The van der Waals surface area contributed by atoms with Crippen LogP contribution in [-0.4, -0.2) is 35.0 Å². The SMILES string of the molecule is CC(C)Oc1ccc(CN2CC[C@H](c3c(C(N)=O)sc4ncccc34)C2)cc1. The Morgan fingerprint density at radius 2 is 2.11 bits per heavy atom. The minimum Gasteiger partial charge on any atom is -0.491 e. The maximum absolute atomic E-state index is 12.0. The van der Waals surface area contributed by atoms with Crippen LogP contribution < -0.4 is 10.5 Å². The molecule has 0 saturated carbocycles. The van der Waals surface area contributed by atoms with Crippen molar-refractivity contribution < 1.29 is 9.53 Å². The lowest BCUT2D eigenvalue weighted by Gasteiger charge is -2.17. The Morgan fingerprint density at radius 3 is 2.82 bits per heavy atom. The standard InChI is InChI=1S/C22H25N3O2S/c1-14(2)27-17-7-5-15(6-8-17)12-25-11-9-16(13-25)19-18-4-3-10-24-22(18)28-20(19)21(23)26/h3-8,10,14,16H,9,11-13H2,1-2H3,(H2,23,26)/t16-/m0/s1. The smallest absolute Gasteiger partial charge is 0.259 e. The second-order valence-electron chi connectivity index (χ2n) is 7.60. The molecule has 3 aromatic rings. The maximum atomic E-state index is 12.0. The molecule has 0 aliphatic carbocycles. The summed E-state index contributed by atoms with van der Waals surface area (Å²) in [6, 6.07) is 12.3. The van der Waals surface area contributed by atoms with Crippen LogP contribution in [-0.2, 0) is 6.54 Å². The maximum Gasteiger partial charge on any atom is 0.259 e. The number of pyridine rings is 1. The Bertz CT molecular complexity index is 981. The van der Waals surface area contributed by atoms with Gasteiger partial charge in [-0.1, -0.05) is 18.2 Å². The fourth-order valence-electron chi connectivity index (χ4n) is 3.96. The summed E-state index contributed by atoms with van der Waals surface area (Å²) < 4.78 is 5.72. The summed E-state index contributed by atoms with van der Waals surface area (Å²) in [5, 5.41) is 1.07. The fourth-order valence-corrected chi connectivity index (χ4v) is 5.04. The molecule has 0 spiro atoms. The summed E-state index contributed by atoms with van der Waals surface area (Å²) in [5.41, 5.74) is 8.03. The topological polar surface area (TPSA) is 68.5 Å². The summed E-state index contributed by atoms with van der Waals surface area (Å²) >= 11 is 1.41. The molecular formula is C22H25N3O2S. The zero-order valence-electron chi connectivity index (χ0n) is 16.2. The van der Waals surface area contributed by atoms with Crippen molar-refractivity contribution in [3.05, 3.63) is 58.6 Å². The molecule has 4 rings (SSSR count). The third kappa shape index (κ3) is 3.88. The van der Waals surface area contributed by atoms with Crippen LogP contribution in [0.1, 0.15) is 47.0 Å². The van der Waals surface area contributed by atoms with E-state index in [-0.39, 0.29) is 12.0 Å². The first-order valence-electron chi connectivity index (χ1n) is 9.66. The Hall–Kier alpha value is -2.44. The molecular weight excluding hydrogens is 370 g/mol. The van der Waals surface area contributed by atoms with Gasteiger partial charge in [-0.25, -0.2) is 4.98 Å².